The van der Waals surface area contributed by atoms with Crippen LogP contribution in [0.25, 0.3) is 0 Å². The van der Waals surface area contributed by atoms with E-state index in [1.54, 1.807) is 0 Å². The van der Waals surface area contributed by atoms with Crippen LogP contribution in [0.15, 0.2) is 24.3 Å². The van der Waals surface area contributed by atoms with E-state index in [1.807, 2.05) is 29.2 Å². The number of carbonyl (C=O) groups excluding carboxylic acids is 1. The first-order chi connectivity index (χ1) is 9.14. The van der Waals surface area contributed by atoms with Gasteiger partial charge in [-0.25, -0.2) is 0 Å². The van der Waals surface area contributed by atoms with Crippen molar-refractivity contribution in [1.29, 1.82) is 0 Å². The van der Waals surface area contributed by atoms with E-state index in [0.29, 0.717) is 12.0 Å². The van der Waals surface area contributed by atoms with E-state index in [0.717, 1.165) is 43.5 Å². The molecule has 2 rings (SSSR count). The molecule has 0 spiro atoms. The van der Waals surface area contributed by atoms with E-state index >= 15 is 0 Å². The van der Waals surface area contributed by atoms with Crippen molar-refractivity contribution in [2.45, 2.75) is 39.7 Å². The molecule has 0 unspecified atom stereocenters. The Balaban J connectivity index is 0.00000200. The maximum Gasteiger partial charge on any atom is 0.253 e. The number of carbonyl (C=O) groups is 1. The fourth-order valence-corrected chi connectivity index (χ4v) is 2.90. The van der Waals surface area contributed by atoms with Gasteiger partial charge in [0.15, 0.2) is 0 Å². The average molecular weight is 297 g/mol. The van der Waals surface area contributed by atoms with Crippen molar-refractivity contribution < 1.29 is 4.79 Å². The molecule has 112 valence electrons. The molecular formula is C16H25ClN2O. The van der Waals surface area contributed by atoms with Gasteiger partial charge in [-0.1, -0.05) is 26.0 Å². The first-order valence-corrected chi connectivity index (χ1v) is 7.22. The van der Waals surface area contributed by atoms with Gasteiger partial charge in [0.05, 0.1) is 0 Å². The summed E-state index contributed by atoms with van der Waals surface area (Å²) in [5.41, 5.74) is 7.76. The molecule has 0 saturated carbocycles. The number of hydrogen-bond acceptors (Lipinski definition) is 2. The first kappa shape index (κ1) is 17.0. The van der Waals surface area contributed by atoms with Crippen LogP contribution in [0.5, 0.6) is 0 Å². The largest absolute Gasteiger partial charge is 0.338 e. The van der Waals surface area contributed by atoms with E-state index in [4.69, 9.17) is 5.73 Å². The standard InChI is InChI=1S/C16H24N2O.ClH/c1-3-16(4-2)9-10-18(12-16)15(19)14-7-5-13(11-17)6-8-14;/h5-8H,3-4,9-12,17H2,1-2H3;1H. The summed E-state index contributed by atoms with van der Waals surface area (Å²) in [7, 11) is 0. The van der Waals surface area contributed by atoms with Gasteiger partial charge in [0.2, 0.25) is 0 Å². The van der Waals surface area contributed by atoms with E-state index in [9.17, 15) is 4.79 Å². The molecule has 4 heteroatoms. The Labute approximate surface area is 127 Å². The Morgan fingerprint density at radius 2 is 1.85 bits per heavy atom. The lowest BCUT2D eigenvalue weighted by atomic mass is 9.82. The second kappa shape index (κ2) is 7.09. The Morgan fingerprint density at radius 3 is 2.30 bits per heavy atom. The molecule has 3 nitrogen and oxygen atoms in total. The van der Waals surface area contributed by atoms with Crippen LogP contribution in [-0.2, 0) is 6.54 Å². The molecule has 0 bridgehead atoms. The van der Waals surface area contributed by atoms with Crippen LogP contribution in [-0.4, -0.2) is 23.9 Å². The SMILES string of the molecule is CCC1(CC)CCN(C(=O)c2ccc(CN)cc2)C1.Cl. The van der Waals surface area contributed by atoms with Gasteiger partial charge in [-0.3, -0.25) is 4.79 Å². The third-order valence-corrected chi connectivity index (χ3v) is 4.66. The predicted octanol–water partition coefficient (Wildman–Crippen LogP) is 3.22. The molecule has 0 atom stereocenters. The number of likely N-dealkylation sites (tertiary alicyclic amines) is 1. The Hall–Kier alpha value is -1.06. The van der Waals surface area contributed by atoms with Crippen molar-refractivity contribution in [3.63, 3.8) is 0 Å². The van der Waals surface area contributed by atoms with Crippen LogP contribution in [0.3, 0.4) is 0 Å². The van der Waals surface area contributed by atoms with Crippen molar-refractivity contribution in [3.05, 3.63) is 35.4 Å². The minimum atomic E-state index is 0. The molecule has 1 heterocycles. The zero-order chi connectivity index (χ0) is 13.9. The number of benzene rings is 1. The topological polar surface area (TPSA) is 46.3 Å². The van der Waals surface area contributed by atoms with E-state index in [1.165, 1.54) is 0 Å². The molecule has 0 radical (unpaired) electrons. The monoisotopic (exact) mass is 296 g/mol. The number of halogens is 1. The Morgan fingerprint density at radius 1 is 1.25 bits per heavy atom. The molecule has 1 aromatic carbocycles. The summed E-state index contributed by atoms with van der Waals surface area (Å²) >= 11 is 0. The van der Waals surface area contributed by atoms with Gasteiger partial charge in [0.1, 0.15) is 0 Å². The molecule has 1 fully saturated rings. The minimum absolute atomic E-state index is 0. The maximum atomic E-state index is 12.5. The lowest BCUT2D eigenvalue weighted by molar-refractivity contribution is 0.0770. The van der Waals surface area contributed by atoms with Gasteiger partial charge in [0.25, 0.3) is 5.91 Å². The van der Waals surface area contributed by atoms with Crippen LogP contribution < -0.4 is 5.73 Å². The third kappa shape index (κ3) is 3.33. The fourth-order valence-electron chi connectivity index (χ4n) is 2.90. The summed E-state index contributed by atoms with van der Waals surface area (Å²) in [5.74, 6) is 0.160. The van der Waals surface area contributed by atoms with Crippen LogP contribution in [0.1, 0.15) is 49.0 Å². The molecule has 1 aliphatic rings. The summed E-state index contributed by atoms with van der Waals surface area (Å²) in [5, 5.41) is 0. The smallest absolute Gasteiger partial charge is 0.253 e. The van der Waals surface area contributed by atoms with Gasteiger partial charge < -0.3 is 10.6 Å². The van der Waals surface area contributed by atoms with E-state index in [-0.39, 0.29) is 18.3 Å². The highest BCUT2D eigenvalue weighted by molar-refractivity contribution is 5.94. The van der Waals surface area contributed by atoms with Crippen molar-refractivity contribution in [1.82, 2.24) is 4.90 Å². The van der Waals surface area contributed by atoms with Crippen molar-refractivity contribution in [2.75, 3.05) is 13.1 Å². The van der Waals surface area contributed by atoms with E-state index in [2.05, 4.69) is 13.8 Å². The van der Waals surface area contributed by atoms with Gasteiger partial charge in [0, 0.05) is 25.2 Å². The van der Waals surface area contributed by atoms with Crippen molar-refractivity contribution >= 4 is 18.3 Å². The van der Waals surface area contributed by atoms with Gasteiger partial charge >= 0.3 is 0 Å². The predicted molar refractivity (Wildman–Crippen MR) is 85.1 cm³/mol. The summed E-state index contributed by atoms with van der Waals surface area (Å²) < 4.78 is 0. The zero-order valence-corrected chi connectivity index (χ0v) is 13.2. The highest BCUT2D eigenvalue weighted by Crippen LogP contribution is 2.37. The van der Waals surface area contributed by atoms with Gasteiger partial charge in [-0.2, -0.15) is 0 Å². The van der Waals surface area contributed by atoms with Crippen LogP contribution in [0.2, 0.25) is 0 Å². The molecule has 1 amide bonds. The highest BCUT2D eigenvalue weighted by Gasteiger charge is 2.37. The Bertz CT molecular complexity index is 440. The molecule has 0 aromatic heterocycles. The lowest BCUT2D eigenvalue weighted by Crippen LogP contribution is -2.31. The summed E-state index contributed by atoms with van der Waals surface area (Å²) in [6.07, 6.45) is 3.44. The average Bonchev–Trinajstić information content (AvgIpc) is 2.92. The summed E-state index contributed by atoms with van der Waals surface area (Å²) in [6, 6.07) is 7.66. The number of rotatable bonds is 4. The maximum absolute atomic E-state index is 12.5. The second-order valence-electron chi connectivity index (χ2n) is 5.58. The zero-order valence-electron chi connectivity index (χ0n) is 12.4. The lowest BCUT2D eigenvalue weighted by Gasteiger charge is -2.26. The van der Waals surface area contributed by atoms with E-state index < -0.39 is 0 Å². The third-order valence-electron chi connectivity index (χ3n) is 4.66. The second-order valence-corrected chi connectivity index (χ2v) is 5.58. The summed E-state index contributed by atoms with van der Waals surface area (Å²) in [4.78, 5) is 14.5. The number of nitrogens with zero attached hydrogens (tertiary/aromatic N) is 1. The molecule has 1 aromatic rings. The molecule has 1 aliphatic heterocycles. The first-order valence-electron chi connectivity index (χ1n) is 7.22. The quantitative estimate of drug-likeness (QED) is 0.927. The molecule has 1 saturated heterocycles. The number of amides is 1. The number of hydrogen-bond donors (Lipinski definition) is 1. The van der Waals surface area contributed by atoms with Crippen LogP contribution >= 0.6 is 12.4 Å². The van der Waals surface area contributed by atoms with Crippen molar-refractivity contribution in [3.8, 4) is 0 Å². The normalized spacial score (nSPS) is 16.9. The minimum Gasteiger partial charge on any atom is -0.338 e. The molecule has 0 aliphatic carbocycles. The van der Waals surface area contributed by atoms with Crippen molar-refractivity contribution in [2.24, 2.45) is 11.1 Å². The fraction of sp³-hybridized carbons (Fsp3) is 0.562. The molecular weight excluding hydrogens is 272 g/mol. The van der Waals surface area contributed by atoms with Gasteiger partial charge in [-0.05, 0) is 42.4 Å². The summed E-state index contributed by atoms with van der Waals surface area (Å²) in [6.45, 7) is 6.77. The van der Waals surface area contributed by atoms with Gasteiger partial charge in [-0.15, -0.1) is 12.4 Å². The Kier molecular flexibility index (Phi) is 6.03. The number of nitrogens with two attached hydrogens (primary N) is 1. The molecule has 2 N–H and O–H groups in total. The van der Waals surface area contributed by atoms with Crippen LogP contribution in [0.4, 0.5) is 0 Å². The molecule has 20 heavy (non-hydrogen) atoms. The highest BCUT2D eigenvalue weighted by atomic mass is 35.5. The van der Waals surface area contributed by atoms with Crippen LogP contribution in [0, 0.1) is 5.41 Å².